The minimum atomic E-state index is -0.423. The second-order valence-corrected chi connectivity index (χ2v) is 6.77. The number of hydrogen-bond donors (Lipinski definition) is 2. The molecule has 4 unspecified atom stereocenters. The highest BCUT2D eigenvalue weighted by Gasteiger charge is 2.42. The molecule has 0 saturated heterocycles. The number of halogens is 1. The number of nitrogen functional groups attached to an aromatic ring is 1. The van der Waals surface area contributed by atoms with Crippen molar-refractivity contribution >= 4 is 11.6 Å². The van der Waals surface area contributed by atoms with Crippen molar-refractivity contribution in [1.82, 2.24) is 5.32 Å². The Hall–Kier alpha value is -1.58. The summed E-state index contributed by atoms with van der Waals surface area (Å²) in [4.78, 5) is 12.3. The van der Waals surface area contributed by atoms with Gasteiger partial charge in [0.25, 0.3) is 5.91 Å². The molecule has 3 N–H and O–H groups in total. The van der Waals surface area contributed by atoms with E-state index in [2.05, 4.69) is 12.2 Å². The van der Waals surface area contributed by atoms with E-state index < -0.39 is 5.82 Å². The fourth-order valence-electron chi connectivity index (χ4n) is 4.13. The van der Waals surface area contributed by atoms with Gasteiger partial charge in [-0.3, -0.25) is 4.79 Å². The number of fused-ring (bicyclic) bond motifs is 2. The quantitative estimate of drug-likeness (QED) is 0.839. The zero-order chi connectivity index (χ0) is 15.1. The van der Waals surface area contributed by atoms with Crippen LogP contribution < -0.4 is 11.1 Å². The van der Waals surface area contributed by atoms with E-state index in [-0.39, 0.29) is 11.9 Å². The molecule has 3 rings (SSSR count). The average molecular weight is 290 g/mol. The molecule has 4 atom stereocenters. The first-order chi connectivity index (χ1) is 9.95. The highest BCUT2D eigenvalue weighted by Crippen LogP contribution is 2.49. The average Bonchev–Trinajstić information content (AvgIpc) is 3.06. The zero-order valence-electron chi connectivity index (χ0n) is 12.7. The molecule has 0 radical (unpaired) electrons. The molecule has 1 aromatic rings. The third-order valence-corrected chi connectivity index (χ3v) is 5.44. The first kappa shape index (κ1) is 14.4. The third-order valence-electron chi connectivity index (χ3n) is 5.44. The van der Waals surface area contributed by atoms with E-state index in [1.165, 1.54) is 31.7 Å². The molecule has 0 aromatic heterocycles. The number of carbonyl (C=O) groups excluding carboxylic acids is 1. The number of benzene rings is 1. The van der Waals surface area contributed by atoms with Crippen LogP contribution in [0.3, 0.4) is 0 Å². The minimum Gasteiger partial charge on any atom is -0.398 e. The van der Waals surface area contributed by atoms with Gasteiger partial charge < -0.3 is 11.1 Å². The molecule has 0 heterocycles. The predicted molar refractivity (Wildman–Crippen MR) is 81.4 cm³/mol. The molecule has 0 spiro atoms. The molecule has 1 aromatic carbocycles. The van der Waals surface area contributed by atoms with Crippen molar-refractivity contribution in [1.29, 1.82) is 0 Å². The largest absolute Gasteiger partial charge is 0.398 e. The van der Waals surface area contributed by atoms with Crippen LogP contribution in [0.2, 0.25) is 0 Å². The SMILES string of the molecule is Cc1c(N)cc(C(=O)NC(C)C2CC3CCC2C3)cc1F. The molecule has 114 valence electrons. The standard InChI is InChI=1S/C17H23FN2O/c1-9-15(18)7-13(8-16(9)19)17(21)20-10(2)14-6-11-3-4-12(14)5-11/h7-8,10-12,14H,3-6,19H2,1-2H3,(H,20,21). The van der Waals surface area contributed by atoms with Gasteiger partial charge in [0, 0.05) is 22.9 Å². The van der Waals surface area contributed by atoms with Crippen molar-refractivity contribution in [2.24, 2.45) is 17.8 Å². The zero-order valence-corrected chi connectivity index (χ0v) is 12.7. The lowest BCUT2D eigenvalue weighted by molar-refractivity contribution is 0.0915. The molecule has 2 aliphatic carbocycles. The summed E-state index contributed by atoms with van der Waals surface area (Å²) in [7, 11) is 0. The van der Waals surface area contributed by atoms with Crippen LogP contribution in [0.5, 0.6) is 0 Å². The summed E-state index contributed by atoms with van der Waals surface area (Å²) < 4.78 is 13.7. The van der Waals surface area contributed by atoms with Crippen molar-refractivity contribution in [2.45, 2.75) is 45.6 Å². The Morgan fingerprint density at radius 2 is 2.14 bits per heavy atom. The van der Waals surface area contributed by atoms with Crippen molar-refractivity contribution < 1.29 is 9.18 Å². The number of nitrogens with two attached hydrogens (primary N) is 1. The van der Waals surface area contributed by atoms with E-state index in [4.69, 9.17) is 5.73 Å². The third kappa shape index (κ3) is 2.63. The number of rotatable bonds is 3. The number of carbonyl (C=O) groups is 1. The van der Waals surface area contributed by atoms with E-state index in [9.17, 15) is 9.18 Å². The fraction of sp³-hybridized carbons (Fsp3) is 0.588. The highest BCUT2D eigenvalue weighted by atomic mass is 19.1. The summed E-state index contributed by atoms with van der Waals surface area (Å²) >= 11 is 0. The van der Waals surface area contributed by atoms with Crippen molar-refractivity contribution in [3.8, 4) is 0 Å². The highest BCUT2D eigenvalue weighted by molar-refractivity contribution is 5.95. The summed E-state index contributed by atoms with van der Waals surface area (Å²) in [5, 5.41) is 3.04. The van der Waals surface area contributed by atoms with Crippen LogP contribution in [0.25, 0.3) is 0 Å². The summed E-state index contributed by atoms with van der Waals surface area (Å²) in [6.45, 7) is 3.68. The molecule has 3 nitrogen and oxygen atoms in total. The number of hydrogen-bond acceptors (Lipinski definition) is 2. The monoisotopic (exact) mass is 290 g/mol. The summed E-state index contributed by atoms with van der Waals surface area (Å²) in [5.41, 5.74) is 6.77. The van der Waals surface area contributed by atoms with E-state index in [1.54, 1.807) is 13.0 Å². The molecule has 4 heteroatoms. The Labute approximate surface area is 125 Å². The van der Waals surface area contributed by atoms with E-state index >= 15 is 0 Å². The number of amides is 1. The van der Waals surface area contributed by atoms with Crippen molar-refractivity contribution in [2.75, 3.05) is 5.73 Å². The Balaban J connectivity index is 1.69. The Kier molecular flexibility index (Phi) is 3.64. The molecule has 2 fully saturated rings. The maximum atomic E-state index is 13.7. The van der Waals surface area contributed by atoms with Crippen LogP contribution >= 0.6 is 0 Å². The van der Waals surface area contributed by atoms with Crippen LogP contribution in [0.15, 0.2) is 12.1 Å². The van der Waals surface area contributed by atoms with Gasteiger partial charge in [-0.25, -0.2) is 4.39 Å². The summed E-state index contributed by atoms with van der Waals surface area (Å²) in [6, 6.07) is 2.97. The lowest BCUT2D eigenvalue weighted by Crippen LogP contribution is -2.40. The van der Waals surface area contributed by atoms with Gasteiger partial charge in [0.15, 0.2) is 0 Å². The van der Waals surface area contributed by atoms with Gasteiger partial charge in [-0.1, -0.05) is 6.42 Å². The number of anilines is 1. The molecule has 2 aliphatic rings. The first-order valence-electron chi connectivity index (χ1n) is 7.82. The minimum absolute atomic E-state index is 0.137. The predicted octanol–water partition coefficient (Wildman–Crippen LogP) is 3.27. The molecular formula is C17H23FN2O. The van der Waals surface area contributed by atoms with Crippen LogP contribution in [-0.2, 0) is 0 Å². The van der Waals surface area contributed by atoms with Gasteiger partial charge in [0.1, 0.15) is 5.82 Å². The van der Waals surface area contributed by atoms with E-state index in [0.29, 0.717) is 22.7 Å². The first-order valence-corrected chi connectivity index (χ1v) is 7.82. The Morgan fingerprint density at radius 1 is 1.38 bits per heavy atom. The van der Waals surface area contributed by atoms with Crippen LogP contribution in [-0.4, -0.2) is 11.9 Å². The molecular weight excluding hydrogens is 267 g/mol. The van der Waals surface area contributed by atoms with E-state index in [0.717, 1.165) is 11.8 Å². The number of nitrogens with one attached hydrogen (secondary N) is 1. The van der Waals surface area contributed by atoms with Gasteiger partial charge in [0.2, 0.25) is 0 Å². The fourth-order valence-corrected chi connectivity index (χ4v) is 4.13. The van der Waals surface area contributed by atoms with Crippen LogP contribution in [0, 0.1) is 30.5 Å². The van der Waals surface area contributed by atoms with Gasteiger partial charge in [-0.05, 0) is 63.0 Å². The van der Waals surface area contributed by atoms with Gasteiger partial charge in [-0.15, -0.1) is 0 Å². The van der Waals surface area contributed by atoms with Gasteiger partial charge in [-0.2, -0.15) is 0 Å². The smallest absolute Gasteiger partial charge is 0.251 e. The van der Waals surface area contributed by atoms with E-state index in [1.807, 2.05) is 0 Å². The lowest BCUT2D eigenvalue weighted by atomic mass is 9.84. The maximum absolute atomic E-state index is 13.7. The Morgan fingerprint density at radius 3 is 2.71 bits per heavy atom. The second-order valence-electron chi connectivity index (χ2n) is 6.77. The molecule has 21 heavy (non-hydrogen) atoms. The topological polar surface area (TPSA) is 55.1 Å². The molecule has 2 bridgehead atoms. The summed E-state index contributed by atoms with van der Waals surface area (Å²) in [6.07, 6.45) is 5.18. The van der Waals surface area contributed by atoms with Gasteiger partial charge >= 0.3 is 0 Å². The Bertz CT molecular complexity index is 549. The van der Waals surface area contributed by atoms with Crippen LogP contribution in [0.1, 0.15) is 48.5 Å². The lowest BCUT2D eigenvalue weighted by Gasteiger charge is -2.28. The van der Waals surface area contributed by atoms with Crippen LogP contribution in [0.4, 0.5) is 10.1 Å². The normalized spacial score (nSPS) is 28.6. The van der Waals surface area contributed by atoms with Crippen molar-refractivity contribution in [3.63, 3.8) is 0 Å². The maximum Gasteiger partial charge on any atom is 0.251 e. The summed E-state index contributed by atoms with van der Waals surface area (Å²) in [5.74, 6) is 1.53. The second kappa shape index (κ2) is 5.32. The van der Waals surface area contributed by atoms with Gasteiger partial charge in [0.05, 0.1) is 0 Å². The van der Waals surface area contributed by atoms with Crippen molar-refractivity contribution in [3.05, 3.63) is 29.1 Å². The molecule has 1 amide bonds. The molecule has 0 aliphatic heterocycles. The molecule has 2 saturated carbocycles.